The van der Waals surface area contributed by atoms with Crippen LogP contribution in [0.15, 0.2) is 60.7 Å². The van der Waals surface area contributed by atoms with Crippen LogP contribution in [0, 0.1) is 0 Å². The quantitative estimate of drug-likeness (QED) is 0.0480. The van der Waals surface area contributed by atoms with Crippen LogP contribution in [-0.2, 0) is 9.59 Å². The summed E-state index contributed by atoms with van der Waals surface area (Å²) in [6.45, 7) is 13.2. The van der Waals surface area contributed by atoms with Gasteiger partial charge in [-0.2, -0.15) is 0 Å². The van der Waals surface area contributed by atoms with E-state index in [0.29, 0.717) is 21.3 Å². The van der Waals surface area contributed by atoms with E-state index >= 15 is 0 Å². The number of hydrogen-bond donors (Lipinski definition) is 2. The molecule has 2 aromatic rings. The van der Waals surface area contributed by atoms with E-state index in [1.54, 1.807) is 0 Å². The van der Waals surface area contributed by atoms with Gasteiger partial charge in [-0.05, 0) is 29.6 Å². The second-order valence-corrected chi connectivity index (χ2v) is 14.3. The second kappa shape index (κ2) is 44.2. The van der Waals surface area contributed by atoms with Gasteiger partial charge in [0, 0.05) is 94.1 Å². The average Bonchev–Trinajstić information content (AvgIpc) is 3.10. The molecule has 0 saturated heterocycles. The topological polar surface area (TPSA) is 83.8 Å². The first-order valence-electron chi connectivity index (χ1n) is 18.4. The number of ether oxygens (including phenoxy) is 2. The van der Waals surface area contributed by atoms with Gasteiger partial charge in [-0.25, -0.2) is 0 Å². The molecular formula is C39H70N2O4P2Pb2+2. The number of benzene rings is 2. The molecule has 0 aromatic heterocycles. The van der Waals surface area contributed by atoms with Gasteiger partial charge in [0.25, 0.3) is 5.91 Å². The Kier molecular flexibility index (Phi) is 48.1. The Morgan fingerprint density at radius 2 is 1.00 bits per heavy atom. The van der Waals surface area contributed by atoms with Crippen LogP contribution >= 0.6 is 17.2 Å². The van der Waals surface area contributed by atoms with Crippen LogP contribution in [-0.4, -0.2) is 128 Å². The molecule has 0 bridgehead atoms. The maximum atomic E-state index is 11.6. The number of hydrogen-bond acceptors (Lipinski definition) is 2. The number of aliphatic hydroxyl groups is 4. The molecule has 0 aliphatic rings. The van der Waals surface area contributed by atoms with Crippen molar-refractivity contribution in [2.24, 2.45) is 0 Å². The molecular weight excluding hydrogens is 1040 g/mol. The molecule has 2 unspecified atom stereocenters. The van der Waals surface area contributed by atoms with Crippen LogP contribution in [0.5, 0.6) is 0 Å². The zero-order valence-electron chi connectivity index (χ0n) is 31.3. The Morgan fingerprint density at radius 1 is 0.551 bits per heavy atom. The van der Waals surface area contributed by atoms with Crippen LogP contribution in [0.2, 0.25) is 0 Å². The van der Waals surface area contributed by atoms with Gasteiger partial charge >= 0.3 is 0 Å². The average molecular weight is 1110 g/mol. The van der Waals surface area contributed by atoms with E-state index in [0.717, 1.165) is 54.3 Å². The van der Waals surface area contributed by atoms with Crippen molar-refractivity contribution < 1.29 is 19.1 Å². The summed E-state index contributed by atoms with van der Waals surface area (Å²) in [6.07, 6.45) is 18.3. The largest absolute Gasteiger partial charge is 0.434 e. The predicted molar refractivity (Wildman–Crippen MR) is 223 cm³/mol. The van der Waals surface area contributed by atoms with Crippen molar-refractivity contribution in [2.45, 2.75) is 111 Å². The summed E-state index contributed by atoms with van der Waals surface area (Å²) in [5, 5.41) is 8.62. The summed E-state index contributed by atoms with van der Waals surface area (Å²) in [5.41, 5.74) is 0. The summed E-state index contributed by atoms with van der Waals surface area (Å²) in [7, 11) is 1.54. The van der Waals surface area contributed by atoms with E-state index in [-0.39, 0.29) is 66.4 Å². The molecule has 4 N–H and O–H groups in total. The van der Waals surface area contributed by atoms with Gasteiger partial charge < -0.3 is 20.1 Å². The fraction of sp³-hybridized carbons (Fsp3) is 0.641. The molecule has 6 nitrogen and oxygen atoms in total. The first-order valence-corrected chi connectivity index (χ1v) is 20.9. The minimum Gasteiger partial charge on any atom is -0.434 e. The van der Waals surface area contributed by atoms with Crippen molar-refractivity contribution in [3.63, 3.8) is 0 Å². The summed E-state index contributed by atoms with van der Waals surface area (Å²) in [5.74, 6) is 0.251. The molecule has 10 heteroatoms. The third-order valence-corrected chi connectivity index (χ3v) is 9.82. The van der Waals surface area contributed by atoms with Crippen molar-refractivity contribution in [1.29, 1.82) is 0 Å². The standard InChI is InChI=1S/C16H26NOP.C12H25NO2.C11H17OP.2Pb/c1-2-3-4-5-6-10-13-17-16(18)14-19-15-11-8-7-9-12-15;1-3-5-6-7-8-9-10-13-12(14)11-15-4-2;1-2-12-9-6-10-13-11-7-4-3-5-8-11;;/h7-9,11-12,19H,2-6,10,13-14H2,1H3,(H,17,18);3-11H2,1-2H3,(H,13,14);3-5,7-8,13H,2,6,9-10H2,1H3;;/p+2. The van der Waals surface area contributed by atoms with Gasteiger partial charge in [-0.15, -0.1) is 0 Å². The fourth-order valence-corrected chi connectivity index (χ4v) is 6.44. The SMILES string of the molecule is CCCCCCCCNC(=O)CPc1ccccc1.CCCCCCCCNC(=O)C[OH+]CC.CC[OH+]CCCPc1ccccc1.[Pb].[Pb]. The van der Waals surface area contributed by atoms with E-state index in [2.05, 4.69) is 83.3 Å². The van der Waals surface area contributed by atoms with E-state index in [4.69, 9.17) is 0 Å². The fourth-order valence-electron chi connectivity index (χ4n) is 4.47. The van der Waals surface area contributed by atoms with Crippen LogP contribution in [0.4, 0.5) is 0 Å². The molecule has 0 fully saturated rings. The summed E-state index contributed by atoms with van der Waals surface area (Å²) >= 11 is 0. The third kappa shape index (κ3) is 40.6. The Bertz CT molecular complexity index is 947. The molecule has 2 amide bonds. The normalized spacial score (nSPS) is 10.4. The maximum absolute atomic E-state index is 11.6. The zero-order valence-corrected chi connectivity index (χ0v) is 41.1. The van der Waals surface area contributed by atoms with E-state index < -0.39 is 0 Å². The number of rotatable bonds is 26. The van der Waals surface area contributed by atoms with E-state index in [1.807, 2.05) is 25.1 Å². The first kappa shape index (κ1) is 53.4. The van der Waals surface area contributed by atoms with Gasteiger partial charge in [0.2, 0.25) is 12.5 Å². The van der Waals surface area contributed by atoms with Gasteiger partial charge in [0.15, 0.2) is 0 Å². The van der Waals surface area contributed by atoms with Crippen molar-refractivity contribution in [3.8, 4) is 0 Å². The molecule has 2 aromatic carbocycles. The van der Waals surface area contributed by atoms with Gasteiger partial charge in [0.05, 0.1) is 0 Å². The Hall–Kier alpha value is 0.00416. The van der Waals surface area contributed by atoms with Crippen LogP contribution in [0.1, 0.15) is 111 Å². The molecule has 0 spiro atoms. The van der Waals surface area contributed by atoms with E-state index in [9.17, 15) is 9.59 Å². The van der Waals surface area contributed by atoms with Crippen molar-refractivity contribution in [3.05, 3.63) is 60.7 Å². The molecule has 2 rings (SSSR count). The van der Waals surface area contributed by atoms with Gasteiger partial charge in [-0.1, -0.05) is 156 Å². The number of unbranched alkanes of at least 4 members (excludes halogenated alkanes) is 10. The first-order chi connectivity index (χ1) is 23.1. The summed E-state index contributed by atoms with van der Waals surface area (Å²) in [4.78, 5) is 22.8. The summed E-state index contributed by atoms with van der Waals surface area (Å²) < 4.78 is 8.31. The second-order valence-electron chi connectivity index (χ2n) is 11.6. The molecule has 276 valence electrons. The van der Waals surface area contributed by atoms with Crippen molar-refractivity contribution in [1.82, 2.24) is 10.6 Å². The van der Waals surface area contributed by atoms with Crippen LogP contribution < -0.4 is 21.2 Å². The van der Waals surface area contributed by atoms with Crippen LogP contribution in [0.3, 0.4) is 0 Å². The molecule has 0 aliphatic carbocycles. The zero-order chi connectivity index (χ0) is 34.5. The predicted octanol–water partition coefficient (Wildman–Crippen LogP) is 6.64. The molecule has 2 atom stereocenters. The molecule has 0 aliphatic heterocycles. The maximum Gasteiger partial charge on any atom is 0.296 e. The van der Waals surface area contributed by atoms with Crippen LogP contribution in [0.25, 0.3) is 0 Å². The Morgan fingerprint density at radius 3 is 1.49 bits per heavy atom. The molecule has 8 radical (unpaired) electrons. The van der Waals surface area contributed by atoms with E-state index in [1.165, 1.54) is 87.4 Å². The van der Waals surface area contributed by atoms with Crippen molar-refractivity contribution in [2.75, 3.05) is 51.8 Å². The third-order valence-electron chi connectivity index (χ3n) is 7.23. The minimum atomic E-state index is 0. The van der Waals surface area contributed by atoms with Crippen molar-refractivity contribution >= 4 is 94.2 Å². The number of carbonyl (C=O) groups is 2. The van der Waals surface area contributed by atoms with Gasteiger partial charge in [-0.3, -0.25) is 9.59 Å². The Balaban J connectivity index is -0.000000647. The molecule has 0 heterocycles. The number of carbonyl (C=O) groups excluding carboxylic acids is 2. The Labute approximate surface area is 344 Å². The smallest absolute Gasteiger partial charge is 0.296 e. The monoisotopic (exact) mass is 1110 g/mol. The minimum absolute atomic E-state index is 0. The van der Waals surface area contributed by atoms with Gasteiger partial charge in [0.1, 0.15) is 19.8 Å². The number of nitrogens with one attached hydrogen (secondary N) is 2. The summed E-state index contributed by atoms with van der Waals surface area (Å²) in [6, 6.07) is 20.9. The number of amides is 2. The molecule has 0 saturated carbocycles. The molecule has 49 heavy (non-hydrogen) atoms.